The molecular formula is C16H17F3N4O. The summed E-state index contributed by atoms with van der Waals surface area (Å²) >= 11 is 0. The van der Waals surface area contributed by atoms with Crippen LogP contribution in [0.15, 0.2) is 30.5 Å². The number of nitrogens with zero attached hydrogens (tertiary/aromatic N) is 2. The fourth-order valence-corrected chi connectivity index (χ4v) is 2.81. The standard InChI is InChI=1S/C16H17F3N4O/c1-10-4-2-3-5-13(10)23-14(16(17,18)19)12(9-21-23)15(24)22-11-6-7-20-8-11/h2-5,9,11,20H,6-8H2,1H3,(H,22,24). The molecule has 0 saturated carbocycles. The number of aryl methyl sites for hydroxylation is 1. The number of nitrogens with one attached hydrogen (secondary N) is 2. The molecule has 5 nitrogen and oxygen atoms in total. The van der Waals surface area contributed by atoms with Crippen molar-refractivity contribution in [1.82, 2.24) is 20.4 Å². The number of para-hydroxylation sites is 1. The molecule has 2 N–H and O–H groups in total. The Morgan fingerprint density at radius 2 is 2.12 bits per heavy atom. The number of carbonyl (C=O) groups excluding carboxylic acids is 1. The molecule has 1 aliphatic heterocycles. The molecule has 1 aliphatic rings. The molecule has 2 aromatic rings. The minimum Gasteiger partial charge on any atom is -0.348 e. The number of rotatable bonds is 3. The van der Waals surface area contributed by atoms with Crippen LogP contribution in [0, 0.1) is 6.92 Å². The summed E-state index contributed by atoms with van der Waals surface area (Å²) in [5, 5.41) is 9.52. The first-order chi connectivity index (χ1) is 11.4. The molecular weight excluding hydrogens is 321 g/mol. The topological polar surface area (TPSA) is 59.0 Å². The molecule has 1 saturated heterocycles. The largest absolute Gasteiger partial charge is 0.434 e. The maximum Gasteiger partial charge on any atom is 0.434 e. The zero-order valence-electron chi connectivity index (χ0n) is 13.0. The Kier molecular flexibility index (Phi) is 4.31. The van der Waals surface area contributed by atoms with E-state index >= 15 is 0 Å². The second-order valence-corrected chi connectivity index (χ2v) is 5.77. The normalized spacial score (nSPS) is 17.9. The molecule has 0 aliphatic carbocycles. The van der Waals surface area contributed by atoms with Gasteiger partial charge in [0.25, 0.3) is 5.91 Å². The highest BCUT2D eigenvalue weighted by atomic mass is 19.4. The number of hydrogen-bond donors (Lipinski definition) is 2. The van der Waals surface area contributed by atoms with Crippen LogP contribution in [0.4, 0.5) is 13.2 Å². The summed E-state index contributed by atoms with van der Waals surface area (Å²) < 4.78 is 41.5. The quantitative estimate of drug-likeness (QED) is 0.903. The molecule has 24 heavy (non-hydrogen) atoms. The van der Waals surface area contributed by atoms with Gasteiger partial charge >= 0.3 is 6.18 Å². The van der Waals surface area contributed by atoms with E-state index in [9.17, 15) is 18.0 Å². The first kappa shape index (κ1) is 16.5. The van der Waals surface area contributed by atoms with Crippen LogP contribution in [0.5, 0.6) is 0 Å². The zero-order chi connectivity index (χ0) is 17.3. The molecule has 2 heterocycles. The number of amides is 1. The lowest BCUT2D eigenvalue weighted by molar-refractivity contribution is -0.143. The van der Waals surface area contributed by atoms with Gasteiger partial charge in [0.2, 0.25) is 0 Å². The summed E-state index contributed by atoms with van der Waals surface area (Å²) in [6.45, 7) is 2.99. The van der Waals surface area contributed by atoms with Crippen molar-refractivity contribution in [2.45, 2.75) is 25.6 Å². The lowest BCUT2D eigenvalue weighted by Crippen LogP contribution is -2.37. The van der Waals surface area contributed by atoms with Gasteiger partial charge in [0, 0.05) is 12.6 Å². The van der Waals surface area contributed by atoms with Crippen molar-refractivity contribution in [2.24, 2.45) is 0 Å². The number of alkyl halides is 3. The predicted molar refractivity (Wildman–Crippen MR) is 82.0 cm³/mol. The molecule has 1 fully saturated rings. The molecule has 1 atom stereocenters. The van der Waals surface area contributed by atoms with Gasteiger partial charge in [-0.3, -0.25) is 4.79 Å². The van der Waals surface area contributed by atoms with E-state index in [1.165, 1.54) is 0 Å². The molecule has 0 spiro atoms. The van der Waals surface area contributed by atoms with Gasteiger partial charge in [0.1, 0.15) is 0 Å². The third kappa shape index (κ3) is 3.14. The Morgan fingerprint density at radius 3 is 2.75 bits per heavy atom. The summed E-state index contributed by atoms with van der Waals surface area (Å²) in [6.07, 6.45) is -3.02. The van der Waals surface area contributed by atoms with Crippen LogP contribution in [0.1, 0.15) is 28.0 Å². The maximum absolute atomic E-state index is 13.6. The van der Waals surface area contributed by atoms with Crippen LogP contribution >= 0.6 is 0 Å². The molecule has 3 rings (SSSR count). The van der Waals surface area contributed by atoms with E-state index in [1.54, 1.807) is 31.2 Å². The number of benzene rings is 1. The van der Waals surface area contributed by atoms with Crippen molar-refractivity contribution in [3.05, 3.63) is 47.3 Å². The van der Waals surface area contributed by atoms with Gasteiger partial charge in [-0.05, 0) is 31.5 Å². The van der Waals surface area contributed by atoms with E-state index in [2.05, 4.69) is 15.7 Å². The maximum atomic E-state index is 13.6. The predicted octanol–water partition coefficient (Wildman–Crippen LogP) is 2.29. The molecule has 1 amide bonds. The Hall–Kier alpha value is -2.35. The van der Waals surface area contributed by atoms with E-state index in [0.717, 1.165) is 17.4 Å². The average molecular weight is 338 g/mol. The van der Waals surface area contributed by atoms with E-state index in [1.807, 2.05) is 0 Å². The average Bonchev–Trinajstić information content (AvgIpc) is 3.15. The summed E-state index contributed by atoms with van der Waals surface area (Å²) in [7, 11) is 0. The number of halogens is 3. The fourth-order valence-electron chi connectivity index (χ4n) is 2.81. The smallest absolute Gasteiger partial charge is 0.348 e. The van der Waals surface area contributed by atoms with Crippen LogP contribution in [0.2, 0.25) is 0 Å². The van der Waals surface area contributed by atoms with Gasteiger partial charge in [-0.1, -0.05) is 18.2 Å². The monoisotopic (exact) mass is 338 g/mol. The van der Waals surface area contributed by atoms with Crippen LogP contribution in [-0.4, -0.2) is 34.8 Å². The summed E-state index contributed by atoms with van der Waals surface area (Å²) in [6, 6.07) is 6.44. The van der Waals surface area contributed by atoms with Crippen molar-refractivity contribution in [3.63, 3.8) is 0 Å². The molecule has 8 heteroatoms. The van der Waals surface area contributed by atoms with Crippen LogP contribution < -0.4 is 10.6 Å². The Labute approximate surface area is 136 Å². The van der Waals surface area contributed by atoms with E-state index in [0.29, 0.717) is 24.2 Å². The first-order valence-electron chi connectivity index (χ1n) is 7.60. The molecule has 128 valence electrons. The highest BCUT2D eigenvalue weighted by molar-refractivity contribution is 5.95. The van der Waals surface area contributed by atoms with Crippen molar-refractivity contribution in [2.75, 3.05) is 13.1 Å². The van der Waals surface area contributed by atoms with Crippen molar-refractivity contribution in [1.29, 1.82) is 0 Å². The zero-order valence-corrected chi connectivity index (χ0v) is 13.0. The minimum absolute atomic E-state index is 0.166. The van der Waals surface area contributed by atoms with Gasteiger partial charge in [-0.25, -0.2) is 4.68 Å². The van der Waals surface area contributed by atoms with Crippen LogP contribution in [0.3, 0.4) is 0 Å². The fraction of sp³-hybridized carbons (Fsp3) is 0.375. The van der Waals surface area contributed by atoms with Crippen LogP contribution in [-0.2, 0) is 6.18 Å². The summed E-state index contributed by atoms with van der Waals surface area (Å²) in [5.74, 6) is -0.754. The van der Waals surface area contributed by atoms with E-state index in [4.69, 9.17) is 0 Å². The number of hydrogen-bond acceptors (Lipinski definition) is 3. The minimum atomic E-state index is -4.70. The number of aromatic nitrogens is 2. The third-order valence-electron chi connectivity index (χ3n) is 4.02. The van der Waals surface area contributed by atoms with Crippen molar-refractivity contribution >= 4 is 5.91 Å². The number of carbonyl (C=O) groups is 1. The second-order valence-electron chi connectivity index (χ2n) is 5.77. The van der Waals surface area contributed by atoms with Gasteiger partial charge in [-0.2, -0.15) is 18.3 Å². The first-order valence-corrected chi connectivity index (χ1v) is 7.60. The van der Waals surface area contributed by atoms with Gasteiger partial charge in [0.05, 0.1) is 17.4 Å². The highest BCUT2D eigenvalue weighted by Crippen LogP contribution is 2.34. The Bertz CT molecular complexity index is 748. The third-order valence-corrected chi connectivity index (χ3v) is 4.02. The van der Waals surface area contributed by atoms with Gasteiger partial charge < -0.3 is 10.6 Å². The second kappa shape index (κ2) is 6.27. The SMILES string of the molecule is Cc1ccccc1-n1ncc(C(=O)NC2CCNC2)c1C(F)(F)F. The molecule has 0 radical (unpaired) electrons. The Morgan fingerprint density at radius 1 is 1.38 bits per heavy atom. The van der Waals surface area contributed by atoms with Gasteiger partial charge in [-0.15, -0.1) is 0 Å². The molecule has 1 unspecified atom stereocenters. The molecule has 1 aromatic carbocycles. The van der Waals surface area contributed by atoms with Gasteiger partial charge in [0.15, 0.2) is 5.69 Å². The highest BCUT2D eigenvalue weighted by Gasteiger charge is 2.41. The van der Waals surface area contributed by atoms with Crippen molar-refractivity contribution < 1.29 is 18.0 Å². The summed E-state index contributed by atoms with van der Waals surface area (Å²) in [5.41, 5.74) is -0.581. The molecule has 1 aromatic heterocycles. The lowest BCUT2D eigenvalue weighted by atomic mass is 10.1. The Balaban J connectivity index is 2.01. The molecule has 0 bridgehead atoms. The van der Waals surface area contributed by atoms with E-state index in [-0.39, 0.29) is 6.04 Å². The summed E-state index contributed by atoms with van der Waals surface area (Å²) in [4.78, 5) is 12.3. The van der Waals surface area contributed by atoms with Crippen molar-refractivity contribution in [3.8, 4) is 5.69 Å². The van der Waals surface area contributed by atoms with E-state index < -0.39 is 23.3 Å². The lowest BCUT2D eigenvalue weighted by Gasteiger charge is -2.15. The van der Waals surface area contributed by atoms with Crippen LogP contribution in [0.25, 0.3) is 5.69 Å².